The minimum Gasteiger partial charge on any atom is -0.361 e. The largest absolute Gasteiger partial charge is 0.361 e. The van der Waals surface area contributed by atoms with Crippen molar-refractivity contribution in [3.8, 4) is 0 Å². The van der Waals surface area contributed by atoms with Gasteiger partial charge in [-0.25, -0.2) is 12.7 Å². The Morgan fingerprint density at radius 2 is 2.37 bits per heavy atom. The summed E-state index contributed by atoms with van der Waals surface area (Å²) in [5, 5.41) is 6.87. The van der Waals surface area contributed by atoms with E-state index in [-0.39, 0.29) is 5.75 Å². The van der Waals surface area contributed by atoms with Gasteiger partial charge < -0.3 is 9.84 Å². The predicted octanol–water partition coefficient (Wildman–Crippen LogP) is 0.744. The third-order valence-electron chi connectivity index (χ3n) is 3.37. The van der Waals surface area contributed by atoms with E-state index in [0.717, 1.165) is 19.4 Å². The molecule has 0 amide bonds. The van der Waals surface area contributed by atoms with Crippen molar-refractivity contribution in [1.29, 1.82) is 0 Å². The molecular formula is C12H21N3O3S. The van der Waals surface area contributed by atoms with Gasteiger partial charge in [0.25, 0.3) is 0 Å². The van der Waals surface area contributed by atoms with Gasteiger partial charge >= 0.3 is 0 Å². The Kier molecular flexibility index (Phi) is 4.59. The number of sulfonamides is 1. The first-order valence-corrected chi connectivity index (χ1v) is 8.17. The molecule has 1 atom stereocenters. The van der Waals surface area contributed by atoms with Crippen LogP contribution >= 0.6 is 0 Å². The van der Waals surface area contributed by atoms with E-state index >= 15 is 0 Å². The molecule has 1 aromatic rings. The van der Waals surface area contributed by atoms with Crippen LogP contribution in [0, 0.1) is 12.8 Å². The second-order valence-electron chi connectivity index (χ2n) is 5.11. The van der Waals surface area contributed by atoms with Gasteiger partial charge in [0.2, 0.25) is 10.0 Å². The zero-order chi connectivity index (χ0) is 13.9. The molecule has 0 saturated carbocycles. The lowest BCUT2D eigenvalue weighted by Crippen LogP contribution is -2.42. The molecule has 0 spiro atoms. The van der Waals surface area contributed by atoms with E-state index < -0.39 is 10.0 Å². The maximum absolute atomic E-state index is 12.3. The van der Waals surface area contributed by atoms with Crippen LogP contribution < -0.4 is 5.32 Å². The Balaban J connectivity index is 2.02. The molecule has 1 aliphatic heterocycles. The third kappa shape index (κ3) is 3.77. The highest BCUT2D eigenvalue weighted by molar-refractivity contribution is 7.88. The number of aromatic nitrogens is 1. The van der Waals surface area contributed by atoms with Crippen LogP contribution in [-0.4, -0.2) is 44.6 Å². The van der Waals surface area contributed by atoms with Gasteiger partial charge in [0, 0.05) is 19.2 Å². The number of aryl methyl sites for hydroxylation is 1. The summed E-state index contributed by atoms with van der Waals surface area (Å²) in [4.78, 5) is 0. The van der Waals surface area contributed by atoms with Crippen LogP contribution in [0.1, 0.15) is 24.3 Å². The Labute approximate surface area is 114 Å². The molecule has 1 fully saturated rings. The highest BCUT2D eigenvalue weighted by Gasteiger charge is 2.29. The third-order valence-corrected chi connectivity index (χ3v) is 5.15. The smallest absolute Gasteiger partial charge is 0.219 e. The fourth-order valence-corrected chi connectivity index (χ4v) is 4.04. The summed E-state index contributed by atoms with van der Waals surface area (Å²) in [6.45, 7) is 3.82. The summed E-state index contributed by atoms with van der Waals surface area (Å²) >= 11 is 0. The van der Waals surface area contributed by atoms with E-state index in [1.807, 2.05) is 7.05 Å². The van der Waals surface area contributed by atoms with Crippen LogP contribution in [-0.2, 0) is 15.8 Å². The van der Waals surface area contributed by atoms with Gasteiger partial charge in [0.05, 0.1) is 0 Å². The number of nitrogens with one attached hydrogen (secondary N) is 1. The van der Waals surface area contributed by atoms with Crippen LogP contribution in [0.5, 0.6) is 0 Å². The summed E-state index contributed by atoms with van der Waals surface area (Å²) in [6.07, 6.45) is 2.00. The van der Waals surface area contributed by atoms with Crippen molar-refractivity contribution in [2.75, 3.05) is 26.7 Å². The van der Waals surface area contributed by atoms with Gasteiger partial charge in [-0.2, -0.15) is 0 Å². The topological polar surface area (TPSA) is 75.4 Å². The highest BCUT2D eigenvalue weighted by Crippen LogP contribution is 2.20. The van der Waals surface area contributed by atoms with Crippen molar-refractivity contribution in [2.24, 2.45) is 5.92 Å². The first kappa shape index (κ1) is 14.5. The molecule has 1 saturated heterocycles. The summed E-state index contributed by atoms with van der Waals surface area (Å²) in [5.74, 6) is 0.959. The summed E-state index contributed by atoms with van der Waals surface area (Å²) < 4.78 is 31.2. The van der Waals surface area contributed by atoms with E-state index in [9.17, 15) is 8.42 Å². The van der Waals surface area contributed by atoms with Crippen molar-refractivity contribution in [2.45, 2.75) is 25.5 Å². The molecule has 6 nitrogen and oxygen atoms in total. The van der Waals surface area contributed by atoms with Gasteiger partial charge in [-0.1, -0.05) is 5.16 Å². The van der Waals surface area contributed by atoms with Gasteiger partial charge in [0.15, 0.2) is 0 Å². The van der Waals surface area contributed by atoms with Gasteiger partial charge in [-0.05, 0) is 39.3 Å². The SMILES string of the molecule is CNCC1CCCN(S(=O)(=O)Cc2cc(C)on2)C1. The maximum Gasteiger partial charge on any atom is 0.219 e. The summed E-state index contributed by atoms with van der Waals surface area (Å²) in [7, 11) is -1.40. The van der Waals surface area contributed by atoms with E-state index in [1.54, 1.807) is 17.3 Å². The van der Waals surface area contributed by atoms with Crippen molar-refractivity contribution in [3.63, 3.8) is 0 Å². The van der Waals surface area contributed by atoms with Crippen molar-refractivity contribution in [3.05, 3.63) is 17.5 Å². The van der Waals surface area contributed by atoms with Crippen LogP contribution in [0.25, 0.3) is 0 Å². The summed E-state index contributed by atoms with van der Waals surface area (Å²) in [6, 6.07) is 1.67. The number of rotatable bonds is 5. The van der Waals surface area contributed by atoms with Gasteiger partial charge in [-0.3, -0.25) is 0 Å². The van der Waals surface area contributed by atoms with E-state index in [0.29, 0.717) is 30.5 Å². The zero-order valence-corrected chi connectivity index (χ0v) is 12.2. The molecule has 0 aliphatic carbocycles. The van der Waals surface area contributed by atoms with Crippen molar-refractivity contribution >= 4 is 10.0 Å². The minimum absolute atomic E-state index is 0.0728. The Bertz CT molecular complexity index is 510. The molecule has 0 aromatic carbocycles. The number of hydrogen-bond donors (Lipinski definition) is 1. The molecule has 108 valence electrons. The minimum atomic E-state index is -3.29. The average Bonchev–Trinajstić information content (AvgIpc) is 2.75. The quantitative estimate of drug-likeness (QED) is 0.864. The molecule has 1 unspecified atom stereocenters. The maximum atomic E-state index is 12.3. The molecule has 0 bridgehead atoms. The zero-order valence-electron chi connectivity index (χ0n) is 11.4. The Morgan fingerprint density at radius 3 is 3.00 bits per heavy atom. The number of nitrogens with zero attached hydrogens (tertiary/aromatic N) is 2. The van der Waals surface area contributed by atoms with Crippen molar-refractivity contribution in [1.82, 2.24) is 14.8 Å². The lowest BCUT2D eigenvalue weighted by atomic mass is 10.00. The molecule has 7 heteroatoms. The van der Waals surface area contributed by atoms with E-state index in [2.05, 4.69) is 10.5 Å². The lowest BCUT2D eigenvalue weighted by molar-refractivity contribution is 0.263. The molecule has 2 rings (SSSR count). The average molecular weight is 287 g/mol. The standard InChI is InChI=1S/C12H21N3O3S/c1-10-6-12(14-18-10)9-19(16,17)15-5-3-4-11(8-15)7-13-2/h6,11,13H,3-5,7-9H2,1-2H3. The van der Waals surface area contributed by atoms with Crippen molar-refractivity contribution < 1.29 is 12.9 Å². The Morgan fingerprint density at radius 1 is 1.58 bits per heavy atom. The first-order chi connectivity index (χ1) is 9.01. The number of hydrogen-bond acceptors (Lipinski definition) is 5. The number of piperidine rings is 1. The van der Waals surface area contributed by atoms with E-state index in [4.69, 9.17) is 4.52 Å². The highest BCUT2D eigenvalue weighted by atomic mass is 32.2. The van der Waals surface area contributed by atoms with Crippen LogP contribution in [0.4, 0.5) is 0 Å². The van der Waals surface area contributed by atoms with Gasteiger partial charge in [-0.15, -0.1) is 0 Å². The van der Waals surface area contributed by atoms with Crippen LogP contribution in [0.2, 0.25) is 0 Å². The lowest BCUT2D eigenvalue weighted by Gasteiger charge is -2.31. The molecule has 0 radical (unpaired) electrons. The fourth-order valence-electron chi connectivity index (χ4n) is 2.50. The van der Waals surface area contributed by atoms with E-state index in [1.165, 1.54) is 0 Å². The van der Waals surface area contributed by atoms with Crippen LogP contribution in [0.15, 0.2) is 10.6 Å². The van der Waals surface area contributed by atoms with Crippen LogP contribution in [0.3, 0.4) is 0 Å². The molecule has 19 heavy (non-hydrogen) atoms. The second-order valence-corrected chi connectivity index (χ2v) is 7.08. The Hall–Kier alpha value is -0.920. The molecular weight excluding hydrogens is 266 g/mol. The second kappa shape index (κ2) is 6.02. The molecule has 1 aromatic heterocycles. The van der Waals surface area contributed by atoms with Gasteiger partial charge in [0.1, 0.15) is 17.2 Å². The monoisotopic (exact) mass is 287 g/mol. The fraction of sp³-hybridized carbons (Fsp3) is 0.750. The predicted molar refractivity (Wildman–Crippen MR) is 72.1 cm³/mol. The molecule has 2 heterocycles. The normalized spacial score (nSPS) is 21.7. The summed E-state index contributed by atoms with van der Waals surface area (Å²) in [5.41, 5.74) is 0.480. The molecule has 1 N–H and O–H groups in total. The molecule has 1 aliphatic rings. The first-order valence-electron chi connectivity index (χ1n) is 6.56.